The average molecular weight is 435 g/mol. The standard InChI is InChI=1S/C23H19ClN4O3/c1-27-20-10-6-5-9-18(20)25-22(27)14-19(15-7-3-2-4-8-15)26-23(29)17-12-11-16(24)13-21(17)28(30)31/h2-13,19H,14H2,1H3,(H,26,29). The lowest BCUT2D eigenvalue weighted by atomic mass is 10.0. The van der Waals surface area contributed by atoms with Crippen LogP contribution in [-0.4, -0.2) is 20.4 Å². The number of aromatic nitrogens is 2. The van der Waals surface area contributed by atoms with Gasteiger partial charge in [-0.05, 0) is 29.8 Å². The van der Waals surface area contributed by atoms with Gasteiger partial charge in [0.2, 0.25) is 0 Å². The van der Waals surface area contributed by atoms with Crippen LogP contribution in [0.4, 0.5) is 5.69 Å². The van der Waals surface area contributed by atoms with Gasteiger partial charge in [0.15, 0.2) is 0 Å². The van der Waals surface area contributed by atoms with Gasteiger partial charge in [0.25, 0.3) is 11.6 Å². The molecule has 7 nitrogen and oxygen atoms in total. The van der Waals surface area contributed by atoms with Crippen LogP contribution in [-0.2, 0) is 13.5 Å². The van der Waals surface area contributed by atoms with E-state index < -0.39 is 16.9 Å². The fourth-order valence-electron chi connectivity index (χ4n) is 3.58. The molecule has 0 aliphatic heterocycles. The van der Waals surface area contributed by atoms with E-state index in [-0.39, 0.29) is 16.3 Å². The van der Waals surface area contributed by atoms with E-state index in [1.807, 2.05) is 66.2 Å². The van der Waals surface area contributed by atoms with Crippen LogP contribution in [0.3, 0.4) is 0 Å². The van der Waals surface area contributed by atoms with Gasteiger partial charge < -0.3 is 9.88 Å². The van der Waals surface area contributed by atoms with Gasteiger partial charge in [-0.25, -0.2) is 4.98 Å². The van der Waals surface area contributed by atoms with Gasteiger partial charge in [-0.1, -0.05) is 54.1 Å². The number of nitro groups is 1. The summed E-state index contributed by atoms with van der Waals surface area (Å²) in [5.41, 5.74) is 2.36. The quantitative estimate of drug-likeness (QED) is 0.347. The Morgan fingerprint density at radius 3 is 2.55 bits per heavy atom. The molecule has 4 rings (SSSR count). The summed E-state index contributed by atoms with van der Waals surface area (Å²) in [5.74, 6) is 0.247. The van der Waals surface area contributed by atoms with E-state index in [2.05, 4.69) is 5.32 Å². The number of hydrogen-bond donors (Lipinski definition) is 1. The molecule has 1 heterocycles. The van der Waals surface area contributed by atoms with Crippen LogP contribution in [0, 0.1) is 10.1 Å². The summed E-state index contributed by atoms with van der Waals surface area (Å²) >= 11 is 5.88. The smallest absolute Gasteiger partial charge is 0.283 e. The Labute approximate surface area is 183 Å². The molecule has 1 unspecified atom stereocenters. The van der Waals surface area contributed by atoms with Gasteiger partial charge in [0.05, 0.1) is 22.0 Å². The highest BCUT2D eigenvalue weighted by Gasteiger charge is 2.25. The molecule has 0 fully saturated rings. The van der Waals surface area contributed by atoms with E-state index in [9.17, 15) is 14.9 Å². The molecule has 0 spiro atoms. The van der Waals surface area contributed by atoms with Crippen molar-refractivity contribution in [3.8, 4) is 0 Å². The van der Waals surface area contributed by atoms with Gasteiger partial charge in [-0.3, -0.25) is 14.9 Å². The van der Waals surface area contributed by atoms with E-state index in [1.54, 1.807) is 0 Å². The monoisotopic (exact) mass is 434 g/mol. The third kappa shape index (κ3) is 4.27. The lowest BCUT2D eigenvalue weighted by Gasteiger charge is -2.19. The average Bonchev–Trinajstić information content (AvgIpc) is 3.09. The first-order chi connectivity index (χ1) is 14.9. The minimum atomic E-state index is -0.607. The first kappa shape index (κ1) is 20.6. The highest BCUT2D eigenvalue weighted by molar-refractivity contribution is 6.31. The number of imidazole rings is 1. The number of fused-ring (bicyclic) bond motifs is 1. The maximum absolute atomic E-state index is 13.0. The molecule has 4 aromatic rings. The van der Waals surface area contributed by atoms with E-state index in [4.69, 9.17) is 16.6 Å². The van der Waals surface area contributed by atoms with Crippen molar-refractivity contribution in [2.75, 3.05) is 0 Å². The lowest BCUT2D eigenvalue weighted by molar-refractivity contribution is -0.385. The SMILES string of the molecule is Cn1c(CC(NC(=O)c2ccc(Cl)cc2[N+](=O)[O-])c2ccccc2)nc2ccccc21. The van der Waals surface area contributed by atoms with Gasteiger partial charge in [-0.15, -0.1) is 0 Å². The summed E-state index contributed by atoms with van der Waals surface area (Å²) < 4.78 is 1.99. The molecule has 0 aliphatic carbocycles. The third-order valence-electron chi connectivity index (χ3n) is 5.17. The number of halogens is 1. The predicted molar refractivity (Wildman–Crippen MR) is 119 cm³/mol. The molecule has 1 aromatic heterocycles. The Hall–Kier alpha value is -3.71. The van der Waals surface area contributed by atoms with E-state index >= 15 is 0 Å². The molecule has 31 heavy (non-hydrogen) atoms. The Morgan fingerprint density at radius 1 is 1.13 bits per heavy atom. The number of hydrogen-bond acceptors (Lipinski definition) is 4. The number of nitro benzene ring substituents is 1. The van der Waals surface area contributed by atoms with Crippen molar-refractivity contribution in [3.63, 3.8) is 0 Å². The summed E-state index contributed by atoms with van der Waals surface area (Å²) in [6, 6.07) is 20.8. The normalized spacial score (nSPS) is 11.9. The fourth-order valence-corrected chi connectivity index (χ4v) is 3.75. The first-order valence-electron chi connectivity index (χ1n) is 9.64. The summed E-state index contributed by atoms with van der Waals surface area (Å²) in [7, 11) is 1.93. The number of nitrogens with zero attached hydrogens (tertiary/aromatic N) is 3. The summed E-state index contributed by atoms with van der Waals surface area (Å²) in [6.45, 7) is 0. The number of aryl methyl sites for hydroxylation is 1. The molecular weight excluding hydrogens is 416 g/mol. The van der Waals surface area contributed by atoms with Crippen LogP contribution in [0.25, 0.3) is 11.0 Å². The molecule has 3 aromatic carbocycles. The van der Waals surface area contributed by atoms with Gasteiger partial charge in [0, 0.05) is 24.6 Å². The minimum Gasteiger partial charge on any atom is -0.345 e. The van der Waals surface area contributed by atoms with Crippen molar-refractivity contribution in [1.82, 2.24) is 14.9 Å². The van der Waals surface area contributed by atoms with Crippen LogP contribution in [0.2, 0.25) is 5.02 Å². The second-order valence-electron chi connectivity index (χ2n) is 7.14. The van der Waals surface area contributed by atoms with Crippen molar-refractivity contribution in [2.24, 2.45) is 7.05 Å². The summed E-state index contributed by atoms with van der Waals surface area (Å²) in [6.07, 6.45) is 0.419. The molecule has 0 saturated heterocycles. The lowest BCUT2D eigenvalue weighted by Crippen LogP contribution is -2.31. The molecule has 1 N–H and O–H groups in total. The molecule has 0 saturated carbocycles. The highest BCUT2D eigenvalue weighted by Crippen LogP contribution is 2.26. The van der Waals surface area contributed by atoms with Crippen LogP contribution >= 0.6 is 11.6 Å². The Bertz CT molecular complexity index is 1270. The zero-order chi connectivity index (χ0) is 22.0. The van der Waals surface area contributed by atoms with Crippen molar-refractivity contribution >= 4 is 34.2 Å². The number of para-hydroxylation sites is 2. The predicted octanol–water partition coefficient (Wildman–Crippen LogP) is 4.85. The van der Waals surface area contributed by atoms with Crippen molar-refractivity contribution < 1.29 is 9.72 Å². The summed E-state index contributed by atoms with van der Waals surface area (Å²) in [5, 5.41) is 14.6. The fraction of sp³-hybridized carbons (Fsp3) is 0.130. The van der Waals surface area contributed by atoms with Gasteiger partial charge >= 0.3 is 0 Å². The second-order valence-corrected chi connectivity index (χ2v) is 7.57. The Kier molecular flexibility index (Phi) is 5.68. The first-order valence-corrected chi connectivity index (χ1v) is 10.0. The van der Waals surface area contributed by atoms with Crippen molar-refractivity contribution in [2.45, 2.75) is 12.5 Å². The topological polar surface area (TPSA) is 90.1 Å². The largest absolute Gasteiger partial charge is 0.345 e. The van der Waals surface area contributed by atoms with Gasteiger partial charge in [0.1, 0.15) is 11.4 Å². The zero-order valence-electron chi connectivity index (χ0n) is 16.7. The second kappa shape index (κ2) is 8.57. The molecule has 1 amide bonds. The van der Waals surface area contributed by atoms with Crippen molar-refractivity contribution in [1.29, 1.82) is 0 Å². The zero-order valence-corrected chi connectivity index (χ0v) is 17.4. The Balaban J connectivity index is 1.69. The number of nitrogens with one attached hydrogen (secondary N) is 1. The van der Waals surface area contributed by atoms with Gasteiger partial charge in [-0.2, -0.15) is 0 Å². The molecule has 156 valence electrons. The van der Waals surface area contributed by atoms with E-state index in [1.165, 1.54) is 18.2 Å². The number of benzene rings is 3. The van der Waals surface area contributed by atoms with Crippen LogP contribution in [0.5, 0.6) is 0 Å². The number of amides is 1. The maximum atomic E-state index is 13.0. The van der Waals surface area contributed by atoms with E-state index in [0.717, 1.165) is 22.4 Å². The summed E-state index contributed by atoms with van der Waals surface area (Å²) in [4.78, 5) is 28.5. The number of carbonyl (C=O) groups is 1. The molecule has 0 radical (unpaired) electrons. The molecule has 0 bridgehead atoms. The molecular formula is C23H19ClN4O3. The minimum absolute atomic E-state index is 0.0414. The molecule has 1 atom stereocenters. The third-order valence-corrected chi connectivity index (χ3v) is 5.41. The van der Waals surface area contributed by atoms with Crippen LogP contribution in [0.1, 0.15) is 27.8 Å². The molecule has 0 aliphatic rings. The number of rotatable bonds is 6. The number of carbonyl (C=O) groups excluding carboxylic acids is 1. The molecule has 8 heteroatoms. The van der Waals surface area contributed by atoms with E-state index in [0.29, 0.717) is 6.42 Å². The maximum Gasteiger partial charge on any atom is 0.283 e. The van der Waals surface area contributed by atoms with Crippen molar-refractivity contribution in [3.05, 3.63) is 105 Å². The van der Waals surface area contributed by atoms with Crippen LogP contribution < -0.4 is 5.32 Å². The van der Waals surface area contributed by atoms with Crippen LogP contribution in [0.15, 0.2) is 72.8 Å². The highest BCUT2D eigenvalue weighted by atomic mass is 35.5. The Morgan fingerprint density at radius 2 is 1.84 bits per heavy atom.